The van der Waals surface area contributed by atoms with Crippen LogP contribution in [-0.2, 0) is 10.0 Å². The maximum absolute atomic E-state index is 12.8. The van der Waals surface area contributed by atoms with Gasteiger partial charge in [0.25, 0.3) is 0 Å². The fourth-order valence-electron chi connectivity index (χ4n) is 5.91. The summed E-state index contributed by atoms with van der Waals surface area (Å²) < 4.78 is 30.2. The topological polar surface area (TPSA) is 112 Å². The largest absolute Gasteiger partial charge is 0.369 e. The molecule has 0 spiro atoms. The molecule has 0 bridgehead atoms. The Bertz CT molecular complexity index is 1590. The van der Waals surface area contributed by atoms with Gasteiger partial charge in [0.15, 0.2) is 5.65 Å². The summed E-state index contributed by atoms with van der Waals surface area (Å²) in [5, 5.41) is 4.70. The molecule has 2 aliphatic heterocycles. The molecule has 1 aromatic carbocycles. The predicted molar refractivity (Wildman–Crippen MR) is 153 cm³/mol. The van der Waals surface area contributed by atoms with Crippen molar-refractivity contribution < 1.29 is 8.42 Å². The number of benzene rings is 1. The van der Waals surface area contributed by atoms with Crippen molar-refractivity contribution in [3.8, 4) is 22.4 Å². The van der Waals surface area contributed by atoms with Gasteiger partial charge in [0.1, 0.15) is 5.52 Å². The van der Waals surface area contributed by atoms with E-state index in [9.17, 15) is 8.42 Å². The molecule has 206 valence electrons. The van der Waals surface area contributed by atoms with Crippen LogP contribution < -0.4 is 9.62 Å². The number of H-pyrrole nitrogens is 1. The molecule has 2 N–H and O–H groups in total. The van der Waals surface area contributed by atoms with Gasteiger partial charge >= 0.3 is 0 Å². The normalized spacial score (nSPS) is 19.4. The third kappa shape index (κ3) is 4.94. The highest BCUT2D eigenvalue weighted by molar-refractivity contribution is 7.89. The molecule has 5 heterocycles. The number of fused-ring (bicyclic) bond motifs is 1. The number of nitrogens with one attached hydrogen (secondary N) is 2. The fourth-order valence-corrected chi connectivity index (χ4v) is 6.71. The second kappa shape index (κ2) is 10.4. The summed E-state index contributed by atoms with van der Waals surface area (Å²) in [6.07, 6.45) is 12.0. The Morgan fingerprint density at radius 2 is 1.90 bits per heavy atom. The number of rotatable bonds is 7. The molecule has 3 aromatic heterocycles. The van der Waals surface area contributed by atoms with Crippen molar-refractivity contribution in [2.75, 3.05) is 38.1 Å². The van der Waals surface area contributed by atoms with Crippen LogP contribution in [0, 0.1) is 0 Å². The first-order chi connectivity index (χ1) is 18.9. The summed E-state index contributed by atoms with van der Waals surface area (Å²) in [6, 6.07) is 6.21. The van der Waals surface area contributed by atoms with E-state index < -0.39 is 10.0 Å². The molecule has 0 aliphatic carbocycles. The van der Waals surface area contributed by atoms with Crippen LogP contribution in [0.25, 0.3) is 33.5 Å². The predicted octanol–water partition coefficient (Wildman–Crippen LogP) is 4.04. The number of hydrogen-bond acceptors (Lipinski definition) is 7. The van der Waals surface area contributed by atoms with E-state index in [1.54, 1.807) is 18.3 Å². The lowest BCUT2D eigenvalue weighted by atomic mass is 10.1. The van der Waals surface area contributed by atoms with E-state index in [0.29, 0.717) is 23.4 Å². The van der Waals surface area contributed by atoms with E-state index >= 15 is 0 Å². The van der Waals surface area contributed by atoms with Gasteiger partial charge in [0, 0.05) is 60.4 Å². The maximum Gasteiger partial charge on any atom is 0.240 e. The van der Waals surface area contributed by atoms with E-state index in [4.69, 9.17) is 10.1 Å². The van der Waals surface area contributed by atoms with Crippen molar-refractivity contribution in [2.24, 2.45) is 0 Å². The Labute approximate surface area is 229 Å². The van der Waals surface area contributed by atoms with Crippen molar-refractivity contribution in [1.82, 2.24) is 34.4 Å². The van der Waals surface area contributed by atoms with E-state index in [-0.39, 0.29) is 4.90 Å². The summed E-state index contributed by atoms with van der Waals surface area (Å²) in [7, 11) is -2.20. The summed E-state index contributed by atoms with van der Waals surface area (Å²) >= 11 is 0. The minimum absolute atomic E-state index is 0.225. The molecule has 2 fully saturated rings. The molecule has 10 nitrogen and oxygen atoms in total. The SMILES string of the molecule is CCN1CCC(n2cc(-c3c[nH]c4ncc(-c5cc(N6CCC[C@H]6C)cc(S(=O)(=O)NC)c5)nc34)cn2)CC1. The number of nitrogens with zero attached hydrogens (tertiary/aromatic N) is 6. The molecule has 39 heavy (non-hydrogen) atoms. The molecular weight excluding hydrogens is 512 g/mol. The van der Waals surface area contributed by atoms with Gasteiger partial charge in [-0.05, 0) is 64.4 Å². The molecule has 6 rings (SSSR count). The van der Waals surface area contributed by atoms with Crippen molar-refractivity contribution >= 4 is 26.9 Å². The van der Waals surface area contributed by atoms with E-state index in [1.807, 2.05) is 18.5 Å². The minimum atomic E-state index is -3.64. The molecule has 0 saturated carbocycles. The number of piperidine rings is 1. The zero-order valence-corrected chi connectivity index (χ0v) is 23.6. The van der Waals surface area contributed by atoms with Gasteiger partial charge in [0.2, 0.25) is 10.0 Å². The summed E-state index contributed by atoms with van der Waals surface area (Å²) in [5.74, 6) is 0. The lowest BCUT2D eigenvalue weighted by molar-refractivity contribution is 0.187. The van der Waals surface area contributed by atoms with Gasteiger partial charge in [-0.15, -0.1) is 0 Å². The molecule has 4 aromatic rings. The van der Waals surface area contributed by atoms with Gasteiger partial charge in [0.05, 0.1) is 29.0 Å². The standard InChI is InChI=1S/C28H36N8O2S/c1-4-34-10-7-22(8-11-34)36-18-21(15-32-36)25-16-30-28-27(25)33-26(17-31-28)20-12-23(35-9-5-6-19(35)2)14-24(13-20)39(37,38)29-3/h12-19,22,29H,4-11H2,1-3H3,(H,30,31)/t19-/m1/s1. The first-order valence-corrected chi connectivity index (χ1v) is 15.3. The van der Waals surface area contributed by atoms with Crippen LogP contribution in [-0.4, -0.2) is 77.3 Å². The van der Waals surface area contributed by atoms with Crippen molar-refractivity contribution in [3.05, 3.63) is 43.0 Å². The highest BCUT2D eigenvalue weighted by Gasteiger charge is 2.25. The van der Waals surface area contributed by atoms with Gasteiger partial charge in [-0.2, -0.15) is 5.10 Å². The number of aromatic amines is 1. The van der Waals surface area contributed by atoms with Gasteiger partial charge < -0.3 is 14.8 Å². The Hall–Kier alpha value is -3.28. The monoisotopic (exact) mass is 548 g/mol. The molecule has 0 unspecified atom stereocenters. The van der Waals surface area contributed by atoms with Gasteiger partial charge in [-0.1, -0.05) is 6.92 Å². The molecule has 0 amide bonds. The quantitative estimate of drug-likeness (QED) is 0.358. The third-order valence-electron chi connectivity index (χ3n) is 8.32. The highest BCUT2D eigenvalue weighted by Crippen LogP contribution is 2.34. The van der Waals surface area contributed by atoms with Crippen LogP contribution in [0.4, 0.5) is 5.69 Å². The lowest BCUT2D eigenvalue weighted by Crippen LogP contribution is -2.34. The second-order valence-electron chi connectivity index (χ2n) is 10.6. The van der Waals surface area contributed by atoms with Crippen molar-refractivity contribution in [1.29, 1.82) is 0 Å². The molecule has 2 saturated heterocycles. The van der Waals surface area contributed by atoms with Crippen LogP contribution in [0.1, 0.15) is 45.6 Å². The van der Waals surface area contributed by atoms with Crippen LogP contribution in [0.15, 0.2) is 47.9 Å². The van der Waals surface area contributed by atoms with E-state index in [0.717, 1.165) is 79.8 Å². The van der Waals surface area contributed by atoms with Crippen molar-refractivity contribution in [2.45, 2.75) is 56.5 Å². The highest BCUT2D eigenvalue weighted by atomic mass is 32.2. The average molecular weight is 549 g/mol. The first-order valence-electron chi connectivity index (χ1n) is 13.8. The van der Waals surface area contributed by atoms with Crippen LogP contribution in [0.3, 0.4) is 0 Å². The molecular formula is C28H36N8O2S. The average Bonchev–Trinajstić information content (AvgIpc) is 3.72. The maximum atomic E-state index is 12.8. The Kier molecular flexibility index (Phi) is 6.90. The van der Waals surface area contributed by atoms with Crippen LogP contribution >= 0.6 is 0 Å². The fraction of sp³-hybridized carbons (Fsp3) is 0.464. The third-order valence-corrected chi connectivity index (χ3v) is 9.72. The Morgan fingerprint density at radius 3 is 2.62 bits per heavy atom. The Morgan fingerprint density at radius 1 is 1.08 bits per heavy atom. The number of anilines is 1. The smallest absolute Gasteiger partial charge is 0.240 e. The number of hydrogen-bond donors (Lipinski definition) is 2. The van der Waals surface area contributed by atoms with Crippen molar-refractivity contribution in [3.63, 3.8) is 0 Å². The second-order valence-corrected chi connectivity index (χ2v) is 12.5. The van der Waals surface area contributed by atoms with Gasteiger partial charge in [-0.3, -0.25) is 4.68 Å². The van der Waals surface area contributed by atoms with Gasteiger partial charge in [-0.25, -0.2) is 23.1 Å². The Balaban J connectivity index is 1.37. The molecule has 11 heteroatoms. The summed E-state index contributed by atoms with van der Waals surface area (Å²) in [5.41, 5.74) is 5.59. The number of aromatic nitrogens is 5. The van der Waals surface area contributed by atoms with E-state index in [1.165, 1.54) is 7.05 Å². The zero-order chi connectivity index (χ0) is 27.1. The summed E-state index contributed by atoms with van der Waals surface area (Å²) in [4.78, 5) is 17.8. The van der Waals surface area contributed by atoms with Crippen LogP contribution in [0.2, 0.25) is 0 Å². The van der Waals surface area contributed by atoms with Crippen LogP contribution in [0.5, 0.6) is 0 Å². The summed E-state index contributed by atoms with van der Waals surface area (Å²) in [6.45, 7) is 8.57. The lowest BCUT2D eigenvalue weighted by Gasteiger charge is -2.31. The number of sulfonamides is 1. The van der Waals surface area contributed by atoms with E-state index in [2.05, 4.69) is 49.2 Å². The zero-order valence-electron chi connectivity index (χ0n) is 22.8. The molecule has 2 aliphatic rings. The minimum Gasteiger partial charge on any atom is -0.369 e. The number of likely N-dealkylation sites (tertiary alicyclic amines) is 1. The molecule has 1 atom stereocenters. The molecule has 0 radical (unpaired) electrons. The first kappa shape index (κ1) is 26.0.